The van der Waals surface area contributed by atoms with Gasteiger partial charge >= 0.3 is 43.7 Å². The quantitative estimate of drug-likeness (QED) is 0.386. The summed E-state index contributed by atoms with van der Waals surface area (Å²) in [7, 11) is 0. The fourth-order valence-electron chi connectivity index (χ4n) is 0.750. The third-order valence-electron chi connectivity index (χ3n) is 1.42. The van der Waals surface area contributed by atoms with Crippen LogP contribution in [0.25, 0.3) is 0 Å². The van der Waals surface area contributed by atoms with Crippen LogP contribution in [0.4, 0.5) is 0 Å². The van der Waals surface area contributed by atoms with E-state index in [1.54, 1.807) is 0 Å². The molecule has 0 saturated heterocycles. The minimum atomic E-state index is -1.24. The Balaban J connectivity index is 0. The number of carbonyl (C=O) groups is 1. The molecule has 70 valence electrons. The van der Waals surface area contributed by atoms with Crippen LogP contribution in [0, 0.1) is 0 Å². The van der Waals surface area contributed by atoms with Crippen molar-refractivity contribution < 1.29 is 20.1 Å². The van der Waals surface area contributed by atoms with Gasteiger partial charge in [0.15, 0.2) is 6.10 Å². The number of hydrogen-bond acceptors (Lipinski definition) is 3. The van der Waals surface area contributed by atoms with E-state index in [-0.39, 0.29) is 50.8 Å². The Labute approximate surface area is 102 Å². The van der Waals surface area contributed by atoms with Crippen LogP contribution in [0.2, 0.25) is 0 Å². The van der Waals surface area contributed by atoms with Gasteiger partial charge in [0.2, 0.25) is 0 Å². The molecule has 0 aliphatic carbocycles. The van der Waals surface area contributed by atoms with E-state index >= 15 is 0 Å². The Hall–Kier alpha value is 0.650. The van der Waals surface area contributed by atoms with E-state index in [0.717, 1.165) is 6.42 Å². The van der Waals surface area contributed by atoms with Crippen LogP contribution in [-0.4, -0.2) is 71.7 Å². The van der Waals surface area contributed by atoms with Gasteiger partial charge in [-0.25, -0.2) is 4.79 Å². The van der Waals surface area contributed by atoms with Gasteiger partial charge in [0.25, 0.3) is 0 Å². The normalized spacial score (nSPS) is 11.8. The van der Waals surface area contributed by atoms with Gasteiger partial charge in [-0.3, -0.25) is 0 Å². The first-order valence-electron chi connectivity index (χ1n) is 3.70. The Morgan fingerprint density at radius 2 is 1.83 bits per heavy atom. The minimum absolute atomic E-state index is 0. The number of aliphatic hydroxyl groups excluding tert-OH is 2. The van der Waals surface area contributed by atoms with Crippen LogP contribution >= 0.6 is 0 Å². The molecule has 0 aromatic rings. The zero-order valence-corrected chi connectivity index (χ0v) is 6.36. The van der Waals surface area contributed by atoms with Gasteiger partial charge in [0, 0.05) is 6.61 Å². The van der Waals surface area contributed by atoms with Crippen LogP contribution in [-0.2, 0) is 4.79 Å². The molecule has 0 aliphatic rings. The maximum atomic E-state index is 10.1. The van der Waals surface area contributed by atoms with Crippen molar-refractivity contribution in [3.8, 4) is 0 Å². The second-order valence-corrected chi connectivity index (χ2v) is 2.43. The van der Waals surface area contributed by atoms with Crippen LogP contribution in [0.15, 0.2) is 0 Å². The molecule has 0 saturated carbocycles. The summed E-state index contributed by atoms with van der Waals surface area (Å²) in [4.78, 5) is 10.1. The molecular weight excluding hydrogens is 188 g/mol. The second-order valence-electron chi connectivity index (χ2n) is 2.43. The summed E-state index contributed by atoms with van der Waals surface area (Å²) < 4.78 is 0. The topological polar surface area (TPSA) is 77.8 Å². The van der Waals surface area contributed by atoms with E-state index in [2.05, 4.69) is 0 Å². The molecule has 3 N–H and O–H groups in total. The van der Waals surface area contributed by atoms with E-state index in [9.17, 15) is 4.79 Å². The number of aliphatic hydroxyl groups is 2. The average Bonchev–Trinajstić information content (AvgIpc) is 1.97. The van der Waals surface area contributed by atoms with Crippen molar-refractivity contribution >= 4 is 43.7 Å². The average molecular weight is 204 g/mol. The standard InChI is InChI=1S/C7H14O4.Ca.2H/c8-5-3-1-2-4-6(9)7(10)11;;;/h6,8-9H,1-5H2,(H,10,11);;;. The number of unbranched alkanes of at least 4 members (excludes halogenated alkanes) is 2. The Bertz CT molecular complexity index is 118. The predicted octanol–water partition coefficient (Wildman–Crippen LogP) is -0.932. The molecule has 0 rings (SSSR count). The van der Waals surface area contributed by atoms with Gasteiger partial charge in [-0.2, -0.15) is 0 Å². The summed E-state index contributed by atoms with van der Waals surface area (Å²) in [5.41, 5.74) is 0. The summed E-state index contributed by atoms with van der Waals surface area (Å²) in [6, 6.07) is 0. The number of carboxylic acids is 1. The number of rotatable bonds is 6. The molecule has 5 heteroatoms. The van der Waals surface area contributed by atoms with Crippen molar-refractivity contribution in [1.82, 2.24) is 0 Å². The molecule has 0 spiro atoms. The van der Waals surface area contributed by atoms with Crippen LogP contribution in [0.1, 0.15) is 25.7 Å². The van der Waals surface area contributed by atoms with Crippen molar-refractivity contribution in [1.29, 1.82) is 0 Å². The summed E-state index contributed by atoms with van der Waals surface area (Å²) in [5.74, 6) is -1.17. The van der Waals surface area contributed by atoms with E-state index in [1.165, 1.54) is 0 Å². The third-order valence-corrected chi connectivity index (χ3v) is 1.42. The van der Waals surface area contributed by atoms with E-state index in [1.807, 2.05) is 0 Å². The van der Waals surface area contributed by atoms with Gasteiger partial charge in [0.05, 0.1) is 0 Å². The first kappa shape index (κ1) is 15.1. The van der Waals surface area contributed by atoms with Crippen molar-refractivity contribution in [2.24, 2.45) is 0 Å². The Morgan fingerprint density at radius 1 is 1.25 bits per heavy atom. The molecule has 0 aliphatic heterocycles. The summed E-state index contributed by atoms with van der Waals surface area (Å²) in [6.45, 7) is 0.128. The third kappa shape index (κ3) is 8.74. The SMILES string of the molecule is O=C(O)C(O)CCCCCO.[CaH2]. The predicted molar refractivity (Wildman–Crippen MR) is 47.7 cm³/mol. The second kappa shape index (κ2) is 9.74. The Morgan fingerprint density at radius 3 is 2.25 bits per heavy atom. The molecule has 0 amide bonds. The summed E-state index contributed by atoms with van der Waals surface area (Å²) in [5, 5.41) is 25.4. The van der Waals surface area contributed by atoms with E-state index in [4.69, 9.17) is 15.3 Å². The molecule has 0 aromatic heterocycles. The number of carboxylic acid groups (broad SMARTS) is 1. The summed E-state index contributed by atoms with van der Waals surface area (Å²) in [6.07, 6.45) is 1.12. The molecule has 1 unspecified atom stereocenters. The molecule has 1 atom stereocenters. The molecule has 0 fully saturated rings. The monoisotopic (exact) mass is 204 g/mol. The molecule has 12 heavy (non-hydrogen) atoms. The maximum absolute atomic E-state index is 10.1. The van der Waals surface area contributed by atoms with E-state index < -0.39 is 12.1 Å². The zero-order chi connectivity index (χ0) is 8.69. The van der Waals surface area contributed by atoms with Crippen molar-refractivity contribution in [2.75, 3.05) is 6.61 Å². The van der Waals surface area contributed by atoms with Gasteiger partial charge in [0.1, 0.15) is 0 Å². The number of aliphatic carboxylic acids is 1. The van der Waals surface area contributed by atoms with Crippen molar-refractivity contribution in [3.63, 3.8) is 0 Å². The first-order chi connectivity index (χ1) is 5.18. The van der Waals surface area contributed by atoms with Crippen LogP contribution in [0.3, 0.4) is 0 Å². The fourth-order valence-corrected chi connectivity index (χ4v) is 0.750. The molecule has 0 heterocycles. The Kier molecular flexibility index (Phi) is 12.3. The summed E-state index contributed by atoms with van der Waals surface area (Å²) >= 11 is 0. The molecule has 4 nitrogen and oxygen atoms in total. The van der Waals surface area contributed by atoms with Gasteiger partial charge < -0.3 is 15.3 Å². The van der Waals surface area contributed by atoms with Crippen molar-refractivity contribution in [2.45, 2.75) is 31.8 Å². The first-order valence-corrected chi connectivity index (χ1v) is 3.70. The number of hydrogen-bond donors (Lipinski definition) is 3. The molecule has 0 radical (unpaired) electrons. The van der Waals surface area contributed by atoms with Crippen LogP contribution in [0.5, 0.6) is 0 Å². The fraction of sp³-hybridized carbons (Fsp3) is 0.857. The van der Waals surface area contributed by atoms with Gasteiger partial charge in [-0.05, 0) is 12.8 Å². The zero-order valence-electron chi connectivity index (χ0n) is 6.36. The van der Waals surface area contributed by atoms with E-state index in [0.29, 0.717) is 12.8 Å². The van der Waals surface area contributed by atoms with Gasteiger partial charge in [-0.15, -0.1) is 0 Å². The molecule has 0 bridgehead atoms. The van der Waals surface area contributed by atoms with Crippen LogP contribution < -0.4 is 0 Å². The molecular formula is C7H16CaO4. The molecule has 0 aromatic carbocycles. The van der Waals surface area contributed by atoms with Gasteiger partial charge in [-0.1, -0.05) is 12.8 Å². The van der Waals surface area contributed by atoms with Crippen molar-refractivity contribution in [3.05, 3.63) is 0 Å².